The fourth-order valence-corrected chi connectivity index (χ4v) is 3.16. The van der Waals surface area contributed by atoms with E-state index >= 15 is 0 Å². The molecule has 0 atom stereocenters. The standard InChI is InChI=1S/C14H14ClNO3S/c1-7-6-10(18-3)8(2)5-9(7)13-16-12(15)11(20-13)14(17)19-4/h5-6H,1-4H3. The summed E-state index contributed by atoms with van der Waals surface area (Å²) in [4.78, 5) is 16.1. The van der Waals surface area contributed by atoms with Gasteiger partial charge in [-0.25, -0.2) is 9.78 Å². The van der Waals surface area contributed by atoms with E-state index in [1.807, 2.05) is 26.0 Å². The first-order valence-corrected chi connectivity index (χ1v) is 7.07. The van der Waals surface area contributed by atoms with Crippen molar-refractivity contribution in [1.29, 1.82) is 0 Å². The van der Waals surface area contributed by atoms with Crippen LogP contribution in [0.5, 0.6) is 5.75 Å². The normalized spacial score (nSPS) is 10.4. The Morgan fingerprint density at radius 2 is 1.95 bits per heavy atom. The van der Waals surface area contributed by atoms with Gasteiger partial charge in [0.15, 0.2) is 10.0 Å². The number of aromatic nitrogens is 1. The molecule has 2 rings (SSSR count). The highest BCUT2D eigenvalue weighted by Crippen LogP contribution is 2.35. The lowest BCUT2D eigenvalue weighted by Gasteiger charge is -2.09. The Kier molecular flexibility index (Phi) is 4.30. The molecule has 0 bridgehead atoms. The van der Waals surface area contributed by atoms with Crippen LogP contribution in [0.4, 0.5) is 0 Å². The van der Waals surface area contributed by atoms with Crippen LogP contribution in [0.15, 0.2) is 12.1 Å². The molecule has 0 saturated carbocycles. The molecule has 2 aromatic rings. The van der Waals surface area contributed by atoms with Crippen molar-refractivity contribution in [2.24, 2.45) is 0 Å². The van der Waals surface area contributed by atoms with Crippen LogP contribution in [0, 0.1) is 13.8 Å². The van der Waals surface area contributed by atoms with Crippen molar-refractivity contribution in [2.45, 2.75) is 13.8 Å². The van der Waals surface area contributed by atoms with Crippen LogP contribution in [-0.2, 0) is 4.74 Å². The molecule has 6 heteroatoms. The molecule has 0 radical (unpaired) electrons. The molecule has 1 aromatic carbocycles. The van der Waals surface area contributed by atoms with Crippen LogP contribution in [0.25, 0.3) is 10.6 Å². The molecule has 0 N–H and O–H groups in total. The van der Waals surface area contributed by atoms with Crippen molar-refractivity contribution in [3.05, 3.63) is 33.3 Å². The second-order valence-corrected chi connectivity index (χ2v) is 5.62. The number of aryl methyl sites for hydroxylation is 2. The number of methoxy groups -OCH3 is 2. The molecule has 20 heavy (non-hydrogen) atoms. The van der Waals surface area contributed by atoms with Crippen molar-refractivity contribution in [2.75, 3.05) is 14.2 Å². The van der Waals surface area contributed by atoms with Gasteiger partial charge < -0.3 is 9.47 Å². The number of benzene rings is 1. The molecular formula is C14H14ClNO3S. The van der Waals surface area contributed by atoms with Gasteiger partial charge in [-0.2, -0.15) is 0 Å². The third kappa shape index (κ3) is 2.64. The van der Waals surface area contributed by atoms with Crippen molar-refractivity contribution in [3.8, 4) is 16.3 Å². The Balaban J connectivity index is 2.52. The minimum Gasteiger partial charge on any atom is -0.496 e. The maximum absolute atomic E-state index is 11.6. The number of carbonyl (C=O) groups excluding carboxylic acids is 1. The molecule has 0 aliphatic rings. The fourth-order valence-electron chi connectivity index (χ4n) is 1.88. The van der Waals surface area contributed by atoms with Gasteiger partial charge in [0.1, 0.15) is 10.8 Å². The third-order valence-corrected chi connectivity index (χ3v) is 4.38. The Morgan fingerprint density at radius 3 is 2.55 bits per heavy atom. The zero-order valence-corrected chi connectivity index (χ0v) is 13.2. The van der Waals surface area contributed by atoms with Crippen molar-refractivity contribution >= 4 is 28.9 Å². The number of carbonyl (C=O) groups is 1. The molecule has 4 nitrogen and oxygen atoms in total. The number of thiazole rings is 1. The van der Waals surface area contributed by atoms with E-state index in [9.17, 15) is 4.79 Å². The van der Waals surface area contributed by atoms with Gasteiger partial charge in [0, 0.05) is 5.56 Å². The largest absolute Gasteiger partial charge is 0.496 e. The number of hydrogen-bond donors (Lipinski definition) is 0. The molecule has 0 saturated heterocycles. The summed E-state index contributed by atoms with van der Waals surface area (Å²) in [6.07, 6.45) is 0. The molecule has 0 spiro atoms. The lowest BCUT2D eigenvalue weighted by molar-refractivity contribution is 0.0606. The van der Waals surface area contributed by atoms with Gasteiger partial charge in [0.2, 0.25) is 0 Å². The fraction of sp³-hybridized carbons (Fsp3) is 0.286. The van der Waals surface area contributed by atoms with Gasteiger partial charge in [-0.1, -0.05) is 11.6 Å². The smallest absolute Gasteiger partial charge is 0.351 e. The van der Waals surface area contributed by atoms with E-state index in [-0.39, 0.29) is 5.15 Å². The summed E-state index contributed by atoms with van der Waals surface area (Å²) in [5.41, 5.74) is 2.94. The van der Waals surface area contributed by atoms with Gasteiger partial charge in [-0.15, -0.1) is 11.3 Å². The summed E-state index contributed by atoms with van der Waals surface area (Å²) in [5, 5.41) is 0.864. The van der Waals surface area contributed by atoms with Crippen molar-refractivity contribution < 1.29 is 14.3 Å². The summed E-state index contributed by atoms with van der Waals surface area (Å²) in [6, 6.07) is 3.92. The third-order valence-electron chi connectivity index (χ3n) is 2.93. The molecule has 1 aromatic heterocycles. The van der Waals surface area contributed by atoms with Crippen LogP contribution in [0.1, 0.15) is 20.8 Å². The van der Waals surface area contributed by atoms with Gasteiger partial charge >= 0.3 is 5.97 Å². The van der Waals surface area contributed by atoms with E-state index in [1.165, 1.54) is 18.4 Å². The minimum atomic E-state index is -0.471. The van der Waals surface area contributed by atoms with Crippen molar-refractivity contribution in [1.82, 2.24) is 4.98 Å². The lowest BCUT2D eigenvalue weighted by Crippen LogP contribution is -1.98. The number of rotatable bonds is 3. The van der Waals surface area contributed by atoms with Gasteiger partial charge in [0.05, 0.1) is 14.2 Å². The quantitative estimate of drug-likeness (QED) is 0.807. The Morgan fingerprint density at radius 1 is 1.25 bits per heavy atom. The first kappa shape index (κ1) is 14.8. The summed E-state index contributed by atoms with van der Waals surface area (Å²) in [5.74, 6) is 0.351. The van der Waals surface area contributed by atoms with E-state index < -0.39 is 5.97 Å². The SMILES string of the molecule is COC(=O)c1sc(-c2cc(C)c(OC)cc2C)nc1Cl. The average molecular weight is 312 g/mol. The molecule has 0 amide bonds. The Bertz CT molecular complexity index is 667. The first-order valence-electron chi connectivity index (χ1n) is 5.88. The predicted octanol–water partition coefficient (Wildman–Crippen LogP) is 3.88. The van der Waals surface area contributed by atoms with E-state index in [2.05, 4.69) is 9.72 Å². The molecule has 0 aliphatic carbocycles. The van der Waals surface area contributed by atoms with E-state index in [1.54, 1.807) is 7.11 Å². The number of halogens is 1. The molecule has 1 heterocycles. The first-order chi connectivity index (χ1) is 9.47. The second kappa shape index (κ2) is 5.81. The zero-order valence-electron chi connectivity index (χ0n) is 11.6. The highest BCUT2D eigenvalue weighted by atomic mass is 35.5. The van der Waals surface area contributed by atoms with Gasteiger partial charge in [-0.3, -0.25) is 0 Å². The maximum Gasteiger partial charge on any atom is 0.351 e. The number of ether oxygens (including phenoxy) is 2. The minimum absolute atomic E-state index is 0.171. The summed E-state index contributed by atoms with van der Waals surface area (Å²) < 4.78 is 9.97. The van der Waals surface area contributed by atoms with Crippen LogP contribution in [-0.4, -0.2) is 25.2 Å². The van der Waals surface area contributed by atoms with Crippen LogP contribution in [0.3, 0.4) is 0 Å². The number of esters is 1. The summed E-state index contributed by atoms with van der Waals surface area (Å²) in [6.45, 7) is 3.92. The molecule has 0 aliphatic heterocycles. The Hall–Kier alpha value is -1.59. The highest BCUT2D eigenvalue weighted by Gasteiger charge is 2.19. The topological polar surface area (TPSA) is 48.4 Å². The molecular weight excluding hydrogens is 298 g/mol. The average Bonchev–Trinajstić information content (AvgIpc) is 2.81. The number of nitrogens with zero attached hydrogens (tertiary/aromatic N) is 1. The molecule has 0 unspecified atom stereocenters. The van der Waals surface area contributed by atoms with Gasteiger partial charge in [0.25, 0.3) is 0 Å². The lowest BCUT2D eigenvalue weighted by atomic mass is 10.1. The number of hydrogen-bond acceptors (Lipinski definition) is 5. The summed E-state index contributed by atoms with van der Waals surface area (Å²) in [7, 11) is 2.96. The van der Waals surface area contributed by atoms with Gasteiger partial charge in [-0.05, 0) is 37.1 Å². The predicted molar refractivity (Wildman–Crippen MR) is 79.9 cm³/mol. The van der Waals surface area contributed by atoms with E-state index in [0.717, 1.165) is 22.4 Å². The summed E-state index contributed by atoms with van der Waals surface area (Å²) >= 11 is 7.22. The molecule has 106 valence electrons. The van der Waals surface area contributed by atoms with E-state index in [0.29, 0.717) is 9.88 Å². The monoisotopic (exact) mass is 311 g/mol. The highest BCUT2D eigenvalue weighted by molar-refractivity contribution is 7.17. The van der Waals surface area contributed by atoms with Crippen molar-refractivity contribution in [3.63, 3.8) is 0 Å². The van der Waals surface area contributed by atoms with E-state index in [4.69, 9.17) is 16.3 Å². The molecule has 0 fully saturated rings. The Labute approximate surface area is 126 Å². The van der Waals surface area contributed by atoms with Crippen LogP contribution in [0.2, 0.25) is 5.15 Å². The van der Waals surface area contributed by atoms with Crippen LogP contribution >= 0.6 is 22.9 Å². The second-order valence-electron chi connectivity index (χ2n) is 4.27. The van der Waals surface area contributed by atoms with Crippen LogP contribution < -0.4 is 4.74 Å². The maximum atomic E-state index is 11.6. The zero-order chi connectivity index (χ0) is 14.9.